The molecule has 1 amide bonds. The van der Waals surface area contributed by atoms with E-state index in [0.717, 1.165) is 71.1 Å². The second-order valence-corrected chi connectivity index (χ2v) is 26.3. The number of hydrogen-bond donors (Lipinski definition) is 10. The van der Waals surface area contributed by atoms with Gasteiger partial charge in [-0.3, -0.25) is 19.6 Å². The van der Waals surface area contributed by atoms with Crippen LogP contribution in [0.4, 0.5) is 10.9 Å². The normalized spacial score (nSPS) is 27.2. The fourth-order valence-corrected chi connectivity index (χ4v) is 16.2. The van der Waals surface area contributed by atoms with Crippen LogP contribution in [0, 0.1) is 23.2 Å². The minimum atomic E-state index is -1.93. The molecule has 11 N–H and O–H groups in total. The first-order valence-corrected chi connectivity index (χ1v) is 30.4. The van der Waals surface area contributed by atoms with E-state index >= 15 is 0 Å². The summed E-state index contributed by atoms with van der Waals surface area (Å²) in [5, 5.41) is 83.8. The number of nitrogens with one attached hydrogen (secondary N) is 2. The van der Waals surface area contributed by atoms with Crippen molar-refractivity contribution in [2.75, 3.05) is 43.1 Å². The second kappa shape index (κ2) is 24.9. The van der Waals surface area contributed by atoms with E-state index in [-0.39, 0.29) is 59.8 Å². The highest BCUT2D eigenvalue weighted by molar-refractivity contribution is 7.22. The summed E-state index contributed by atoms with van der Waals surface area (Å²) in [6, 6.07) is 21.0. The van der Waals surface area contributed by atoms with Crippen LogP contribution in [-0.2, 0) is 56.3 Å². The van der Waals surface area contributed by atoms with Crippen LogP contribution >= 0.6 is 11.3 Å². The summed E-state index contributed by atoms with van der Waals surface area (Å²) in [5.74, 6) is -3.23. The molecule has 4 bridgehead atoms. The van der Waals surface area contributed by atoms with Crippen LogP contribution in [0.1, 0.15) is 114 Å². The third kappa shape index (κ3) is 13.0. The van der Waals surface area contributed by atoms with Crippen molar-refractivity contribution in [1.29, 1.82) is 0 Å². The maximum atomic E-state index is 13.9. The number of carboxylic acid groups (broad SMARTS) is 2. The quantitative estimate of drug-likeness (QED) is 0.0278. The van der Waals surface area contributed by atoms with Gasteiger partial charge < -0.3 is 70.6 Å². The number of rotatable bonds is 24. The summed E-state index contributed by atoms with van der Waals surface area (Å²) in [4.78, 5) is 64.0. The highest BCUT2D eigenvalue weighted by Crippen LogP contribution is 2.72. The van der Waals surface area contributed by atoms with E-state index in [1.165, 1.54) is 11.3 Å². The van der Waals surface area contributed by atoms with Crippen molar-refractivity contribution < 1.29 is 73.9 Å². The molecule has 23 nitrogen and oxygen atoms in total. The number of nitrogens with two attached hydrogens (primary N) is 1. The van der Waals surface area contributed by atoms with Gasteiger partial charge in [0.05, 0.1) is 41.3 Å². The van der Waals surface area contributed by atoms with Gasteiger partial charge in [-0.15, -0.1) is 0 Å². The summed E-state index contributed by atoms with van der Waals surface area (Å²) in [5.41, 5.74) is 11.0. The van der Waals surface area contributed by atoms with E-state index in [0.29, 0.717) is 78.6 Å². The summed E-state index contributed by atoms with van der Waals surface area (Å²) in [6.07, 6.45) is -1.89. The molecular formula is C63H76N8O15S. The molecule has 4 aliphatic carbocycles. The number of fused-ring (bicyclic) bond motifs is 2. The topological polar surface area (TPSA) is 344 Å². The zero-order valence-corrected chi connectivity index (χ0v) is 49.7. The Morgan fingerprint density at radius 2 is 1.69 bits per heavy atom. The summed E-state index contributed by atoms with van der Waals surface area (Å²) in [6.45, 7) is 7.95. The lowest BCUT2D eigenvalue weighted by atomic mass is 9.39. The van der Waals surface area contributed by atoms with Gasteiger partial charge in [0.1, 0.15) is 42.5 Å². The molecule has 1 saturated heterocycles. The zero-order chi connectivity index (χ0) is 61.6. The number of aromatic carboxylic acids is 1. The number of thiazole rings is 1. The van der Waals surface area contributed by atoms with Crippen molar-refractivity contribution in [3.8, 4) is 16.9 Å². The van der Waals surface area contributed by atoms with Gasteiger partial charge in [-0.1, -0.05) is 61.6 Å². The first-order valence-electron chi connectivity index (χ1n) is 29.6. The van der Waals surface area contributed by atoms with Gasteiger partial charge in [0.2, 0.25) is 6.29 Å². The summed E-state index contributed by atoms with van der Waals surface area (Å²) >= 11 is 1.41. The Labute approximate surface area is 506 Å². The van der Waals surface area contributed by atoms with Crippen LogP contribution in [0.15, 0.2) is 79.0 Å². The second-order valence-electron chi connectivity index (χ2n) is 25.3. The van der Waals surface area contributed by atoms with Gasteiger partial charge in [-0.05, 0) is 141 Å². The number of aromatic nitrogens is 4. The lowest BCUT2D eigenvalue weighted by Gasteiger charge is -2.69. The van der Waals surface area contributed by atoms with Crippen molar-refractivity contribution in [2.45, 2.75) is 153 Å². The molecule has 0 spiro atoms. The van der Waals surface area contributed by atoms with E-state index in [4.69, 9.17) is 34.8 Å². The third-order valence-corrected chi connectivity index (χ3v) is 19.1. The molecule has 5 heterocycles. The Hall–Kier alpha value is -6.97. The number of carboxylic acids is 2. The van der Waals surface area contributed by atoms with Crippen LogP contribution in [0.3, 0.4) is 0 Å². The van der Waals surface area contributed by atoms with Crippen LogP contribution < -0.4 is 26.0 Å². The number of aliphatic carboxylic acids is 1. The Balaban J connectivity index is 0.749. The molecule has 3 aromatic carbocycles. The average Bonchev–Trinajstić information content (AvgIpc) is 0.948. The van der Waals surface area contributed by atoms with Crippen molar-refractivity contribution >= 4 is 56.3 Å². The largest absolute Gasteiger partial charge is 0.479 e. The number of nitrogens with zero attached hydrogens (tertiary/aromatic N) is 5. The number of anilines is 2. The minimum absolute atomic E-state index is 0.0457. The van der Waals surface area contributed by atoms with Gasteiger partial charge >= 0.3 is 17.9 Å². The van der Waals surface area contributed by atoms with Crippen molar-refractivity contribution in [3.63, 3.8) is 0 Å². The molecule has 87 heavy (non-hydrogen) atoms. The molecule has 0 radical (unpaired) electrons. The van der Waals surface area contributed by atoms with Crippen LogP contribution in [0.25, 0.3) is 21.3 Å². The van der Waals surface area contributed by atoms with Crippen LogP contribution in [0.5, 0.6) is 5.75 Å². The summed E-state index contributed by atoms with van der Waals surface area (Å²) in [7, 11) is 0. The monoisotopic (exact) mass is 1220 g/mol. The van der Waals surface area contributed by atoms with Gasteiger partial charge in [0.25, 0.3) is 5.91 Å². The Morgan fingerprint density at radius 1 is 0.908 bits per heavy atom. The lowest BCUT2D eigenvalue weighted by Crippen LogP contribution is -2.64. The molecule has 4 unspecified atom stereocenters. The molecular weight excluding hydrogens is 1140 g/mol. The molecule has 12 rings (SSSR count). The number of para-hydroxylation sites is 1. The molecule has 9 atom stereocenters. The third-order valence-electron chi connectivity index (χ3n) is 18.1. The number of aliphatic hydroxyl groups excluding tert-OH is 5. The Morgan fingerprint density at radius 3 is 2.43 bits per heavy atom. The molecule has 4 saturated carbocycles. The fraction of sp³-hybridized carbons (Fsp3) is 0.508. The fourth-order valence-electron chi connectivity index (χ4n) is 15.3. The number of benzene rings is 3. The van der Waals surface area contributed by atoms with Crippen LogP contribution in [0.2, 0.25) is 0 Å². The lowest BCUT2D eigenvalue weighted by molar-refractivity contribution is -0.271. The number of amides is 1. The van der Waals surface area contributed by atoms with E-state index in [2.05, 4.69) is 29.5 Å². The SMILES string of the molecule is Cc1c(-c2ccc(N3CCc4cccc(C(=O)Nc5nc6ccccc6s5)c4C3)nc2C(=O)O)cnn1CC12CC3(C)CC(C)(C1)CC(OCCNC(C[C@H](O)CO)C(=O)OCc1ccc(CCCN)cc1O[C@@H]1O[C@H](C(=O)O)C(O)[C@H](O)[C@H]1O)(C3)C2. The van der Waals surface area contributed by atoms with Gasteiger partial charge in [-0.2, -0.15) is 5.10 Å². The van der Waals surface area contributed by atoms with E-state index < -0.39 is 73.0 Å². The van der Waals surface area contributed by atoms with Crippen LogP contribution in [-0.4, -0.2) is 161 Å². The Bertz CT molecular complexity index is 3510. The molecule has 6 aromatic rings. The summed E-state index contributed by atoms with van der Waals surface area (Å²) < 4.78 is 27.1. The number of ether oxygens (including phenoxy) is 4. The number of aryl methyl sites for hydroxylation is 1. The first kappa shape index (κ1) is 61.7. The molecule has 464 valence electrons. The van der Waals surface area contributed by atoms with Gasteiger partial charge in [0, 0.05) is 60.5 Å². The first-order chi connectivity index (χ1) is 41.6. The minimum Gasteiger partial charge on any atom is -0.479 e. The standard InChI is InChI=1S/C63H76N8O15S/c1-35-42(40-15-16-48(68-49(40)55(78)79)70-20-17-37-9-6-10-41(43(37)25-70)54(77)69-59-67-44-11-4-5-12-47(44)87-59)24-66-71(35)34-62-29-60(2)28-61(3,30-62)32-63(31-60,33-62)84-21-19-65-45(23-39(73)26-72)57(82)83-27-38-14-13-36(8-7-18-64)22-46(38)85-58-52(76)50(74)51(75)53(86-58)56(80)81/h4-6,9-16,22,24,39,45,50-53,58,65,72-76H,7-8,17-21,23,25-34,64H2,1-3H3,(H,78,79)(H,80,81)(H,67,69,77)/t39-,45?,50-,51?,52+,53-,58+,60?,61?,62?,63?/m0/s1. The maximum absolute atomic E-state index is 13.9. The number of esters is 1. The molecule has 6 aliphatic rings. The predicted octanol–water partition coefficient (Wildman–Crippen LogP) is 5.12. The van der Waals surface area contributed by atoms with Crippen molar-refractivity contribution in [1.82, 2.24) is 25.1 Å². The molecule has 2 aliphatic heterocycles. The molecule has 5 fully saturated rings. The van der Waals surface area contributed by atoms with E-state index in [1.807, 2.05) is 59.0 Å². The van der Waals surface area contributed by atoms with E-state index in [1.54, 1.807) is 36.5 Å². The van der Waals surface area contributed by atoms with Gasteiger partial charge in [0.15, 0.2) is 16.9 Å². The van der Waals surface area contributed by atoms with Crippen molar-refractivity contribution in [2.24, 2.45) is 22.0 Å². The number of pyridine rings is 1. The highest BCUT2D eigenvalue weighted by atomic mass is 32.1. The number of aliphatic hydroxyl groups is 5. The van der Waals surface area contributed by atoms with Gasteiger partial charge in [-0.25, -0.2) is 19.6 Å². The maximum Gasteiger partial charge on any atom is 0.355 e. The average molecular weight is 1220 g/mol. The molecule has 24 heteroatoms. The number of carbonyl (C=O) groups is 4. The van der Waals surface area contributed by atoms with E-state index in [9.17, 15) is 54.9 Å². The molecule has 3 aromatic heterocycles. The number of carbonyl (C=O) groups excluding carboxylic acids is 2. The predicted molar refractivity (Wildman–Crippen MR) is 319 cm³/mol. The van der Waals surface area contributed by atoms with Crippen molar-refractivity contribution in [3.05, 3.63) is 118 Å². The zero-order valence-electron chi connectivity index (χ0n) is 48.9. The smallest absolute Gasteiger partial charge is 0.355 e. The highest BCUT2D eigenvalue weighted by Gasteiger charge is 2.66. The Kier molecular flexibility index (Phi) is 17.6. The number of hydrogen-bond acceptors (Lipinski definition) is 20.